The lowest BCUT2D eigenvalue weighted by atomic mass is 10.2. The van der Waals surface area contributed by atoms with E-state index in [1.54, 1.807) is 17.1 Å². The van der Waals surface area contributed by atoms with E-state index in [9.17, 15) is 4.79 Å². The van der Waals surface area contributed by atoms with Gasteiger partial charge in [-0.1, -0.05) is 42.5 Å². The second kappa shape index (κ2) is 6.84. The second-order valence-electron chi connectivity index (χ2n) is 6.25. The maximum atomic E-state index is 12.5. The van der Waals surface area contributed by atoms with Gasteiger partial charge in [0.25, 0.3) is 5.91 Å². The number of H-pyrrole nitrogens is 1. The molecule has 0 saturated carbocycles. The molecule has 0 aliphatic heterocycles. The molecule has 0 radical (unpaired) electrons. The van der Waals surface area contributed by atoms with Crippen molar-refractivity contribution in [2.75, 3.05) is 0 Å². The molecule has 4 rings (SSSR count). The van der Waals surface area contributed by atoms with E-state index in [2.05, 4.69) is 20.4 Å². The highest BCUT2D eigenvalue weighted by molar-refractivity contribution is 5.93. The van der Waals surface area contributed by atoms with Crippen LogP contribution in [0.1, 0.15) is 34.7 Å². The van der Waals surface area contributed by atoms with Gasteiger partial charge in [-0.15, -0.1) is 0 Å². The van der Waals surface area contributed by atoms with E-state index in [-0.39, 0.29) is 11.9 Å². The van der Waals surface area contributed by atoms with Crippen molar-refractivity contribution in [3.63, 3.8) is 0 Å². The van der Waals surface area contributed by atoms with Gasteiger partial charge in [0.2, 0.25) is 0 Å². The summed E-state index contributed by atoms with van der Waals surface area (Å²) < 4.78 is 1.76. The first-order chi connectivity index (χ1) is 12.7. The van der Waals surface area contributed by atoms with E-state index in [1.807, 2.05) is 61.5 Å². The third kappa shape index (κ3) is 3.35. The van der Waals surface area contributed by atoms with Gasteiger partial charge in [0.05, 0.1) is 35.4 Å². The van der Waals surface area contributed by atoms with Gasteiger partial charge in [0.15, 0.2) is 0 Å². The number of fused-ring (bicyclic) bond motifs is 1. The Morgan fingerprint density at radius 3 is 2.73 bits per heavy atom. The molecule has 0 bridgehead atoms. The zero-order valence-electron chi connectivity index (χ0n) is 14.4. The summed E-state index contributed by atoms with van der Waals surface area (Å²) in [5.74, 6) is 0.563. The highest BCUT2D eigenvalue weighted by Gasteiger charge is 2.16. The van der Waals surface area contributed by atoms with E-state index >= 15 is 0 Å². The van der Waals surface area contributed by atoms with Crippen LogP contribution >= 0.6 is 0 Å². The van der Waals surface area contributed by atoms with Crippen LogP contribution in [0.5, 0.6) is 0 Å². The van der Waals surface area contributed by atoms with Crippen LogP contribution in [0.4, 0.5) is 0 Å². The van der Waals surface area contributed by atoms with Crippen molar-refractivity contribution in [3.05, 3.63) is 83.9 Å². The molecule has 26 heavy (non-hydrogen) atoms. The summed E-state index contributed by atoms with van der Waals surface area (Å²) in [6, 6.07) is 17.6. The molecule has 0 aliphatic carbocycles. The van der Waals surface area contributed by atoms with Gasteiger partial charge < -0.3 is 10.3 Å². The van der Waals surface area contributed by atoms with Gasteiger partial charge in [-0.3, -0.25) is 9.48 Å². The topological polar surface area (TPSA) is 75.6 Å². The van der Waals surface area contributed by atoms with Gasteiger partial charge in [0, 0.05) is 6.20 Å². The van der Waals surface area contributed by atoms with Crippen molar-refractivity contribution < 1.29 is 4.79 Å². The third-order valence-electron chi connectivity index (χ3n) is 4.25. The van der Waals surface area contributed by atoms with Gasteiger partial charge in [0.1, 0.15) is 5.82 Å². The van der Waals surface area contributed by atoms with Crippen LogP contribution in [-0.2, 0) is 6.54 Å². The van der Waals surface area contributed by atoms with Crippen LogP contribution in [0, 0.1) is 0 Å². The molecular formula is C20H19N5O. The number of aromatic nitrogens is 4. The molecule has 0 unspecified atom stereocenters. The van der Waals surface area contributed by atoms with Gasteiger partial charge in [-0.25, -0.2) is 4.98 Å². The summed E-state index contributed by atoms with van der Waals surface area (Å²) in [5.41, 5.74) is 3.51. The number of carbonyl (C=O) groups is 1. The second-order valence-corrected chi connectivity index (χ2v) is 6.25. The number of nitrogens with one attached hydrogen (secondary N) is 2. The first kappa shape index (κ1) is 16.1. The summed E-state index contributed by atoms with van der Waals surface area (Å²) in [5, 5.41) is 7.24. The van der Waals surface area contributed by atoms with Crippen LogP contribution in [0.2, 0.25) is 0 Å². The molecule has 2 aromatic carbocycles. The largest absolute Gasteiger partial charge is 0.342 e. The molecular weight excluding hydrogens is 326 g/mol. The van der Waals surface area contributed by atoms with E-state index in [0.717, 1.165) is 22.4 Å². The summed E-state index contributed by atoms with van der Waals surface area (Å²) >= 11 is 0. The van der Waals surface area contributed by atoms with Crippen molar-refractivity contribution in [1.29, 1.82) is 0 Å². The molecule has 2 heterocycles. The molecule has 0 fully saturated rings. The van der Waals surface area contributed by atoms with E-state index < -0.39 is 0 Å². The predicted molar refractivity (Wildman–Crippen MR) is 99.7 cm³/mol. The fourth-order valence-electron chi connectivity index (χ4n) is 2.86. The summed E-state index contributed by atoms with van der Waals surface area (Å²) in [6.07, 6.45) is 3.34. The Labute approximate surface area is 150 Å². The third-order valence-corrected chi connectivity index (χ3v) is 4.25. The molecule has 2 aromatic heterocycles. The van der Waals surface area contributed by atoms with Crippen LogP contribution in [0.25, 0.3) is 11.0 Å². The highest BCUT2D eigenvalue weighted by atomic mass is 16.1. The van der Waals surface area contributed by atoms with E-state index in [0.29, 0.717) is 12.1 Å². The summed E-state index contributed by atoms with van der Waals surface area (Å²) in [4.78, 5) is 20.3. The quantitative estimate of drug-likeness (QED) is 0.583. The Balaban J connectivity index is 1.44. The minimum atomic E-state index is -0.229. The average molecular weight is 345 g/mol. The van der Waals surface area contributed by atoms with Crippen LogP contribution in [0.15, 0.2) is 67.0 Å². The zero-order valence-corrected chi connectivity index (χ0v) is 14.4. The number of nitrogens with zero attached hydrogens (tertiary/aromatic N) is 3. The molecule has 1 amide bonds. The van der Waals surface area contributed by atoms with E-state index in [1.165, 1.54) is 0 Å². The maximum Gasteiger partial charge on any atom is 0.255 e. The van der Waals surface area contributed by atoms with Crippen molar-refractivity contribution >= 4 is 16.9 Å². The monoisotopic (exact) mass is 345 g/mol. The Bertz CT molecular complexity index is 1000. The lowest BCUT2D eigenvalue weighted by Crippen LogP contribution is -2.27. The Morgan fingerprint density at radius 2 is 1.92 bits per heavy atom. The normalized spacial score (nSPS) is 12.2. The Morgan fingerprint density at radius 1 is 1.15 bits per heavy atom. The number of para-hydroxylation sites is 2. The molecule has 0 spiro atoms. The van der Waals surface area contributed by atoms with Crippen LogP contribution in [0.3, 0.4) is 0 Å². The first-order valence-electron chi connectivity index (χ1n) is 8.51. The van der Waals surface area contributed by atoms with Gasteiger partial charge >= 0.3 is 0 Å². The number of imidazole rings is 1. The lowest BCUT2D eigenvalue weighted by molar-refractivity contribution is 0.0938. The molecule has 1 atom stereocenters. The minimum Gasteiger partial charge on any atom is -0.342 e. The smallest absolute Gasteiger partial charge is 0.255 e. The van der Waals surface area contributed by atoms with Crippen molar-refractivity contribution in [1.82, 2.24) is 25.1 Å². The standard InChI is InChI=1S/C20H19N5O/c1-14(19-23-17-9-5-6-10-18(17)24-19)22-20(26)16-11-21-25(13-16)12-15-7-3-2-4-8-15/h2-11,13-14H,12H2,1H3,(H,22,26)(H,23,24)/t14-/m1/s1. The molecule has 0 aliphatic rings. The number of rotatable bonds is 5. The number of aromatic amines is 1. The average Bonchev–Trinajstić information content (AvgIpc) is 3.29. The van der Waals surface area contributed by atoms with Crippen LogP contribution < -0.4 is 5.32 Å². The van der Waals surface area contributed by atoms with Crippen molar-refractivity contribution in [2.24, 2.45) is 0 Å². The Kier molecular flexibility index (Phi) is 4.23. The predicted octanol–water partition coefficient (Wildman–Crippen LogP) is 3.30. The zero-order chi connectivity index (χ0) is 17.9. The molecule has 2 N–H and O–H groups in total. The van der Waals surface area contributed by atoms with Crippen molar-refractivity contribution in [2.45, 2.75) is 19.5 Å². The molecule has 6 heteroatoms. The van der Waals surface area contributed by atoms with Gasteiger partial charge in [-0.05, 0) is 24.6 Å². The Hall–Kier alpha value is -3.41. The minimum absolute atomic E-state index is 0.169. The maximum absolute atomic E-state index is 12.5. The van der Waals surface area contributed by atoms with Crippen molar-refractivity contribution in [3.8, 4) is 0 Å². The highest BCUT2D eigenvalue weighted by Crippen LogP contribution is 2.16. The van der Waals surface area contributed by atoms with E-state index in [4.69, 9.17) is 0 Å². The number of hydrogen-bond acceptors (Lipinski definition) is 3. The summed E-state index contributed by atoms with van der Waals surface area (Å²) in [7, 11) is 0. The SMILES string of the molecule is C[C@@H](NC(=O)c1cnn(Cc2ccccc2)c1)c1nc2ccccc2[nH]1. The fraction of sp³-hybridized carbons (Fsp3) is 0.150. The van der Waals surface area contributed by atoms with Crippen LogP contribution in [-0.4, -0.2) is 25.7 Å². The molecule has 0 saturated heterocycles. The number of benzene rings is 2. The first-order valence-corrected chi connectivity index (χ1v) is 8.51. The van der Waals surface area contributed by atoms with Gasteiger partial charge in [-0.2, -0.15) is 5.10 Å². The summed E-state index contributed by atoms with van der Waals surface area (Å²) in [6.45, 7) is 2.54. The molecule has 6 nitrogen and oxygen atoms in total. The number of amides is 1. The number of carbonyl (C=O) groups excluding carboxylic acids is 1. The fourth-order valence-corrected chi connectivity index (χ4v) is 2.86. The lowest BCUT2D eigenvalue weighted by Gasteiger charge is -2.10. The molecule has 130 valence electrons. The number of hydrogen-bond donors (Lipinski definition) is 2. The molecule has 4 aromatic rings.